The Balaban J connectivity index is 1.27. The zero-order valence-corrected chi connectivity index (χ0v) is 21.2. The van der Waals surface area contributed by atoms with Crippen molar-refractivity contribution in [1.29, 1.82) is 0 Å². The Hall–Kier alpha value is -2.97. The third-order valence-electron chi connectivity index (χ3n) is 7.52. The van der Waals surface area contributed by atoms with Gasteiger partial charge in [0.05, 0.1) is 12.1 Å². The summed E-state index contributed by atoms with van der Waals surface area (Å²) in [5.41, 5.74) is 1.69. The number of ether oxygens (including phenoxy) is 1. The number of carbonyl (C=O) groups is 2. The number of Topliss-reactive ketones (excluding diaryl/α,β-unsaturated/α-hetero) is 1. The van der Waals surface area contributed by atoms with Gasteiger partial charge in [0.15, 0.2) is 11.6 Å². The number of nitrogens with one attached hydrogen (secondary N) is 1. The monoisotopic (exact) mass is 509 g/mol. The molecule has 2 heterocycles. The lowest BCUT2D eigenvalue weighted by molar-refractivity contribution is -0.118. The van der Waals surface area contributed by atoms with E-state index in [9.17, 15) is 19.1 Å². The van der Waals surface area contributed by atoms with E-state index in [1.807, 2.05) is 12.1 Å². The van der Waals surface area contributed by atoms with E-state index in [2.05, 4.69) is 15.1 Å². The summed E-state index contributed by atoms with van der Waals surface area (Å²) in [6, 6.07) is 10.8. The van der Waals surface area contributed by atoms with Gasteiger partial charge < -0.3 is 25.0 Å². The van der Waals surface area contributed by atoms with E-state index in [1.54, 1.807) is 18.2 Å². The maximum absolute atomic E-state index is 14.7. The molecule has 0 radical (unpaired) electrons. The number of nitrogens with zero attached hydrogens (tertiary/aromatic N) is 2. The predicted octanol–water partition coefficient (Wildman–Crippen LogP) is 3.85. The molecule has 0 spiro atoms. The summed E-state index contributed by atoms with van der Waals surface area (Å²) in [6.45, 7) is 4.08. The summed E-state index contributed by atoms with van der Waals surface area (Å²) in [4.78, 5) is 30.4. The molecule has 0 unspecified atom stereocenters. The van der Waals surface area contributed by atoms with Crippen LogP contribution in [0.4, 0.5) is 10.1 Å². The van der Waals surface area contributed by atoms with E-state index in [4.69, 9.17) is 4.74 Å². The number of likely N-dealkylation sites (tertiary alicyclic amines) is 1. The predicted molar refractivity (Wildman–Crippen MR) is 139 cm³/mol. The summed E-state index contributed by atoms with van der Waals surface area (Å²) < 4.78 is 20.2. The molecule has 7 nitrogen and oxygen atoms in total. The van der Waals surface area contributed by atoms with Crippen molar-refractivity contribution < 1.29 is 23.8 Å². The Morgan fingerprint density at radius 1 is 0.973 bits per heavy atom. The van der Waals surface area contributed by atoms with E-state index in [-0.39, 0.29) is 11.9 Å². The van der Waals surface area contributed by atoms with Crippen LogP contribution < -0.4 is 15.0 Å². The van der Waals surface area contributed by atoms with Crippen molar-refractivity contribution in [1.82, 2.24) is 10.2 Å². The fraction of sp³-hybridized carbons (Fsp3) is 0.517. The maximum Gasteiger partial charge on any atom is 0.292 e. The van der Waals surface area contributed by atoms with Gasteiger partial charge >= 0.3 is 0 Å². The van der Waals surface area contributed by atoms with E-state index in [0.717, 1.165) is 70.4 Å². The van der Waals surface area contributed by atoms with Crippen LogP contribution in [0.15, 0.2) is 42.5 Å². The quantitative estimate of drug-likeness (QED) is 0.374. The van der Waals surface area contributed by atoms with Crippen LogP contribution in [0.3, 0.4) is 0 Å². The largest absolute Gasteiger partial charge is 0.487 e. The SMILES string of the molecule is O=C(N[C@H](CN1CCCC1)[C@H](O)c1ccc(OC2CC2)c(F)c1)C(=O)c1ccc(N2CCCCC2)cc1. The topological polar surface area (TPSA) is 82.1 Å². The number of hydrogen-bond donors (Lipinski definition) is 2. The van der Waals surface area contributed by atoms with Gasteiger partial charge in [0, 0.05) is 30.9 Å². The third kappa shape index (κ3) is 6.48. The van der Waals surface area contributed by atoms with E-state index in [0.29, 0.717) is 17.7 Å². The molecule has 198 valence electrons. The number of rotatable bonds is 10. The minimum atomic E-state index is -1.18. The number of anilines is 1. The highest BCUT2D eigenvalue weighted by atomic mass is 19.1. The van der Waals surface area contributed by atoms with Crippen LogP contribution in [0.2, 0.25) is 0 Å². The molecule has 2 aliphatic heterocycles. The highest BCUT2D eigenvalue weighted by Gasteiger charge is 2.30. The second kappa shape index (κ2) is 11.6. The number of hydrogen-bond acceptors (Lipinski definition) is 6. The Morgan fingerprint density at radius 2 is 1.65 bits per heavy atom. The smallest absolute Gasteiger partial charge is 0.292 e. The van der Waals surface area contributed by atoms with Crippen LogP contribution >= 0.6 is 0 Å². The van der Waals surface area contributed by atoms with Crippen LogP contribution in [-0.4, -0.2) is 66.6 Å². The Bertz CT molecular complexity index is 1090. The molecule has 2 N–H and O–H groups in total. The van der Waals surface area contributed by atoms with E-state index in [1.165, 1.54) is 18.6 Å². The minimum absolute atomic E-state index is 0.0624. The van der Waals surface area contributed by atoms with E-state index >= 15 is 0 Å². The first-order chi connectivity index (χ1) is 18.0. The minimum Gasteiger partial charge on any atom is -0.487 e. The first-order valence-corrected chi connectivity index (χ1v) is 13.5. The summed E-state index contributed by atoms with van der Waals surface area (Å²) in [7, 11) is 0. The standard InChI is InChI=1S/C29H36FN3O4/c30-24-18-21(8-13-26(24)37-23-11-12-23)27(34)25(19-32-14-4-5-15-32)31-29(36)28(35)20-6-9-22(10-7-20)33-16-2-1-3-17-33/h6-10,13,18,23,25,27,34H,1-5,11-12,14-17,19H2,(H,31,36)/t25-,27-/m1/s1. The van der Waals surface area contributed by atoms with Crippen molar-refractivity contribution in [2.45, 2.75) is 63.2 Å². The molecule has 1 aliphatic carbocycles. The van der Waals surface area contributed by atoms with Crippen LogP contribution in [-0.2, 0) is 4.79 Å². The van der Waals surface area contributed by atoms with Gasteiger partial charge in [-0.1, -0.05) is 6.07 Å². The lowest BCUT2D eigenvalue weighted by Crippen LogP contribution is -2.48. The molecule has 2 aromatic rings. The zero-order valence-electron chi connectivity index (χ0n) is 21.2. The van der Waals surface area contributed by atoms with Crippen molar-refractivity contribution in [3.8, 4) is 5.75 Å². The highest BCUT2D eigenvalue weighted by Crippen LogP contribution is 2.31. The Labute approximate surface area is 217 Å². The van der Waals surface area contributed by atoms with Crippen molar-refractivity contribution >= 4 is 17.4 Å². The zero-order chi connectivity index (χ0) is 25.8. The average molecular weight is 510 g/mol. The number of aliphatic hydroxyl groups is 1. The number of halogens is 1. The molecule has 1 saturated carbocycles. The number of ketones is 1. The molecule has 1 amide bonds. The maximum atomic E-state index is 14.7. The summed E-state index contributed by atoms with van der Waals surface area (Å²) in [5.74, 6) is -1.80. The van der Waals surface area contributed by atoms with Gasteiger partial charge in [0.1, 0.15) is 6.10 Å². The second-order valence-electron chi connectivity index (χ2n) is 10.5. The van der Waals surface area contributed by atoms with Gasteiger partial charge in [-0.3, -0.25) is 9.59 Å². The third-order valence-corrected chi connectivity index (χ3v) is 7.52. The van der Waals surface area contributed by atoms with Crippen LogP contribution in [0.5, 0.6) is 5.75 Å². The molecule has 0 aromatic heterocycles. The first-order valence-electron chi connectivity index (χ1n) is 13.5. The van der Waals surface area contributed by atoms with Gasteiger partial charge in [0.25, 0.3) is 5.91 Å². The summed E-state index contributed by atoms with van der Waals surface area (Å²) in [5, 5.41) is 13.9. The number of aliphatic hydroxyl groups excluding tert-OH is 1. The van der Waals surface area contributed by atoms with Crippen LogP contribution in [0, 0.1) is 5.82 Å². The fourth-order valence-corrected chi connectivity index (χ4v) is 5.20. The van der Waals surface area contributed by atoms with Crippen molar-refractivity contribution in [3.63, 3.8) is 0 Å². The molecule has 37 heavy (non-hydrogen) atoms. The van der Waals surface area contributed by atoms with Gasteiger partial charge in [-0.05, 0) is 100.0 Å². The molecule has 0 bridgehead atoms. The molecule has 3 fully saturated rings. The van der Waals surface area contributed by atoms with Crippen LogP contribution in [0.1, 0.15) is 67.0 Å². The number of amides is 1. The van der Waals surface area contributed by atoms with Gasteiger partial charge in [0.2, 0.25) is 5.78 Å². The molecule has 2 aromatic carbocycles. The normalized spacial score (nSPS) is 19.9. The summed E-state index contributed by atoms with van der Waals surface area (Å²) >= 11 is 0. The summed E-state index contributed by atoms with van der Waals surface area (Å²) in [6.07, 6.45) is 6.36. The Kier molecular flexibility index (Phi) is 8.05. The van der Waals surface area contributed by atoms with Crippen molar-refractivity contribution in [2.24, 2.45) is 0 Å². The fourth-order valence-electron chi connectivity index (χ4n) is 5.20. The molecule has 2 atom stereocenters. The number of benzene rings is 2. The van der Waals surface area contributed by atoms with E-state index < -0.39 is 29.7 Å². The van der Waals surface area contributed by atoms with Crippen LogP contribution in [0.25, 0.3) is 0 Å². The molecule has 3 aliphatic rings. The molecular formula is C29H36FN3O4. The van der Waals surface area contributed by atoms with Gasteiger partial charge in [-0.2, -0.15) is 0 Å². The number of carbonyl (C=O) groups excluding carboxylic acids is 2. The van der Waals surface area contributed by atoms with Gasteiger partial charge in [-0.25, -0.2) is 4.39 Å². The lowest BCUT2D eigenvalue weighted by atomic mass is 10.0. The highest BCUT2D eigenvalue weighted by molar-refractivity contribution is 6.42. The van der Waals surface area contributed by atoms with Gasteiger partial charge in [-0.15, -0.1) is 0 Å². The van der Waals surface area contributed by atoms with Crippen molar-refractivity contribution in [3.05, 3.63) is 59.4 Å². The first kappa shape index (κ1) is 25.7. The molecular weight excluding hydrogens is 473 g/mol. The molecule has 8 heteroatoms. The average Bonchev–Trinajstić information content (AvgIpc) is 3.60. The van der Waals surface area contributed by atoms with Crippen molar-refractivity contribution in [2.75, 3.05) is 37.6 Å². The second-order valence-corrected chi connectivity index (χ2v) is 10.5. The number of piperidine rings is 1. The Morgan fingerprint density at radius 3 is 2.30 bits per heavy atom. The molecule has 5 rings (SSSR count). The lowest BCUT2D eigenvalue weighted by Gasteiger charge is -2.29. The molecule has 2 saturated heterocycles.